The number of anilines is 1. The van der Waals surface area contributed by atoms with Crippen LogP contribution >= 0.6 is 0 Å². The van der Waals surface area contributed by atoms with Crippen LogP contribution in [0.1, 0.15) is 18.5 Å². The van der Waals surface area contributed by atoms with Gasteiger partial charge in [0.05, 0.1) is 5.69 Å². The molecule has 0 aliphatic carbocycles. The number of aromatic nitrogens is 1. The molecular formula is C18H17FN2O2. The van der Waals surface area contributed by atoms with E-state index in [4.69, 9.17) is 11.2 Å². The van der Waals surface area contributed by atoms with Crippen molar-refractivity contribution in [2.75, 3.05) is 11.9 Å². The number of carbonyl (C=O) groups excluding carboxylic acids is 1. The van der Waals surface area contributed by atoms with E-state index in [0.717, 1.165) is 5.69 Å². The maximum atomic E-state index is 13.3. The maximum absolute atomic E-state index is 13.3. The molecule has 1 amide bonds. The smallest absolute Gasteiger partial charge is 0.224 e. The van der Waals surface area contributed by atoms with E-state index in [0.29, 0.717) is 25.0 Å². The van der Waals surface area contributed by atoms with Crippen LogP contribution in [0.15, 0.2) is 42.6 Å². The van der Waals surface area contributed by atoms with Crippen LogP contribution in [-0.2, 0) is 11.2 Å². The number of nitrogens with zero attached hydrogens (tertiary/aromatic N) is 1. The third kappa shape index (κ3) is 5.44. The van der Waals surface area contributed by atoms with Crippen molar-refractivity contribution in [2.24, 2.45) is 0 Å². The minimum atomic E-state index is -0.457. The predicted molar refractivity (Wildman–Crippen MR) is 86.5 cm³/mol. The average molecular weight is 312 g/mol. The zero-order chi connectivity index (χ0) is 16.5. The molecule has 0 radical (unpaired) electrons. The molecule has 1 N–H and O–H groups in total. The number of hydrogen-bond donors (Lipinski definition) is 1. The Morgan fingerprint density at radius 3 is 2.96 bits per heavy atom. The van der Waals surface area contributed by atoms with E-state index in [1.165, 1.54) is 18.2 Å². The summed E-state index contributed by atoms with van der Waals surface area (Å²) in [5.74, 6) is 2.01. The second kappa shape index (κ2) is 8.54. The van der Waals surface area contributed by atoms with Gasteiger partial charge in [0.2, 0.25) is 5.91 Å². The fraction of sp³-hybridized carbons (Fsp3) is 0.222. The molecule has 0 spiro atoms. The monoisotopic (exact) mass is 312 g/mol. The third-order valence-electron chi connectivity index (χ3n) is 3.09. The second-order valence-corrected chi connectivity index (χ2v) is 4.86. The quantitative estimate of drug-likeness (QED) is 0.799. The highest BCUT2D eigenvalue weighted by atomic mass is 19.1. The lowest BCUT2D eigenvalue weighted by Gasteiger charge is -2.11. The molecule has 1 aromatic heterocycles. The molecular weight excluding hydrogens is 295 g/mol. The Morgan fingerprint density at radius 2 is 2.22 bits per heavy atom. The molecule has 0 unspecified atom stereocenters. The first-order chi connectivity index (χ1) is 11.2. The molecule has 0 saturated heterocycles. The number of rotatable bonds is 7. The van der Waals surface area contributed by atoms with E-state index in [9.17, 15) is 9.18 Å². The SMILES string of the molecule is C#CCOc1ccc(F)cc1NC(=O)CCCc1ccccn1. The number of benzene rings is 1. The van der Waals surface area contributed by atoms with Crippen molar-refractivity contribution < 1.29 is 13.9 Å². The zero-order valence-electron chi connectivity index (χ0n) is 12.6. The number of pyridine rings is 1. The van der Waals surface area contributed by atoms with Crippen LogP contribution in [0.4, 0.5) is 10.1 Å². The highest BCUT2D eigenvalue weighted by molar-refractivity contribution is 5.92. The highest BCUT2D eigenvalue weighted by Gasteiger charge is 2.09. The lowest BCUT2D eigenvalue weighted by Crippen LogP contribution is -2.13. The van der Waals surface area contributed by atoms with Gasteiger partial charge in [0.15, 0.2) is 0 Å². The van der Waals surface area contributed by atoms with Crippen LogP contribution in [0.2, 0.25) is 0 Å². The van der Waals surface area contributed by atoms with Crippen molar-refractivity contribution in [1.29, 1.82) is 0 Å². The summed E-state index contributed by atoms with van der Waals surface area (Å²) in [6.07, 6.45) is 8.52. The summed E-state index contributed by atoms with van der Waals surface area (Å²) in [5, 5.41) is 2.65. The van der Waals surface area contributed by atoms with Crippen LogP contribution in [0.3, 0.4) is 0 Å². The summed E-state index contributed by atoms with van der Waals surface area (Å²) in [4.78, 5) is 16.2. The summed E-state index contributed by atoms with van der Waals surface area (Å²) in [5.41, 5.74) is 1.21. The Labute approximate surface area is 134 Å². The fourth-order valence-corrected chi connectivity index (χ4v) is 2.03. The molecule has 0 saturated carbocycles. The van der Waals surface area contributed by atoms with Crippen molar-refractivity contribution >= 4 is 11.6 Å². The van der Waals surface area contributed by atoms with Crippen molar-refractivity contribution in [2.45, 2.75) is 19.3 Å². The molecule has 5 heteroatoms. The van der Waals surface area contributed by atoms with Gasteiger partial charge in [0.25, 0.3) is 0 Å². The van der Waals surface area contributed by atoms with Crippen LogP contribution < -0.4 is 10.1 Å². The summed E-state index contributed by atoms with van der Waals surface area (Å²) in [6.45, 7) is 0.0498. The van der Waals surface area contributed by atoms with E-state index in [-0.39, 0.29) is 18.2 Å². The van der Waals surface area contributed by atoms with Crippen molar-refractivity contribution in [3.63, 3.8) is 0 Å². The van der Waals surface area contributed by atoms with Crippen LogP contribution in [0.25, 0.3) is 0 Å². The van der Waals surface area contributed by atoms with Gasteiger partial charge in [0.1, 0.15) is 18.2 Å². The van der Waals surface area contributed by atoms with Crippen LogP contribution in [0, 0.1) is 18.2 Å². The fourth-order valence-electron chi connectivity index (χ4n) is 2.03. The Morgan fingerprint density at radius 1 is 1.35 bits per heavy atom. The molecule has 0 atom stereocenters. The maximum Gasteiger partial charge on any atom is 0.224 e. The first-order valence-electron chi connectivity index (χ1n) is 7.24. The van der Waals surface area contributed by atoms with Gasteiger partial charge in [-0.2, -0.15) is 0 Å². The molecule has 0 fully saturated rings. The summed E-state index contributed by atoms with van der Waals surface area (Å²) >= 11 is 0. The van der Waals surface area contributed by atoms with Crippen molar-refractivity contribution in [1.82, 2.24) is 4.98 Å². The highest BCUT2D eigenvalue weighted by Crippen LogP contribution is 2.25. The number of nitrogens with one attached hydrogen (secondary N) is 1. The van der Waals surface area contributed by atoms with E-state index in [1.807, 2.05) is 18.2 Å². The number of carbonyl (C=O) groups is 1. The third-order valence-corrected chi connectivity index (χ3v) is 3.09. The number of amides is 1. The van der Waals surface area contributed by atoms with E-state index < -0.39 is 5.82 Å². The number of halogens is 1. The molecule has 0 aliphatic heterocycles. The van der Waals surface area contributed by atoms with Gasteiger partial charge in [-0.15, -0.1) is 6.42 Å². The standard InChI is InChI=1S/C18H17FN2O2/c1-2-12-23-17-10-9-14(19)13-16(17)21-18(22)8-5-7-15-6-3-4-11-20-15/h1,3-4,6,9-11,13H,5,7-8,12H2,(H,21,22). The number of aryl methyl sites for hydroxylation is 1. The molecule has 1 aromatic carbocycles. The van der Waals surface area contributed by atoms with Crippen molar-refractivity contribution in [3.8, 4) is 18.1 Å². The van der Waals surface area contributed by atoms with Crippen LogP contribution in [-0.4, -0.2) is 17.5 Å². The largest absolute Gasteiger partial charge is 0.479 e. The zero-order valence-corrected chi connectivity index (χ0v) is 12.6. The van der Waals surface area contributed by atoms with E-state index >= 15 is 0 Å². The summed E-state index contributed by atoms with van der Waals surface area (Å²) in [7, 11) is 0. The molecule has 0 bridgehead atoms. The van der Waals surface area contributed by atoms with Gasteiger partial charge >= 0.3 is 0 Å². The van der Waals surface area contributed by atoms with Gasteiger partial charge in [0, 0.05) is 24.4 Å². The van der Waals surface area contributed by atoms with Gasteiger partial charge in [-0.3, -0.25) is 9.78 Å². The minimum absolute atomic E-state index is 0.0498. The van der Waals surface area contributed by atoms with Crippen LogP contribution in [0.5, 0.6) is 5.75 Å². The summed E-state index contributed by atoms with van der Waals surface area (Å²) in [6, 6.07) is 9.57. The molecule has 0 aliphatic rings. The molecule has 23 heavy (non-hydrogen) atoms. The molecule has 4 nitrogen and oxygen atoms in total. The topological polar surface area (TPSA) is 51.2 Å². The molecule has 2 rings (SSSR count). The minimum Gasteiger partial charge on any atom is -0.479 e. The molecule has 1 heterocycles. The Balaban J connectivity index is 1.89. The summed E-state index contributed by atoms with van der Waals surface area (Å²) < 4.78 is 18.6. The normalized spacial score (nSPS) is 9.91. The van der Waals surface area contributed by atoms with E-state index in [1.54, 1.807) is 6.20 Å². The van der Waals surface area contributed by atoms with Gasteiger partial charge in [-0.1, -0.05) is 12.0 Å². The molecule has 118 valence electrons. The first-order valence-corrected chi connectivity index (χ1v) is 7.24. The number of hydrogen-bond acceptors (Lipinski definition) is 3. The Bertz CT molecular complexity index is 696. The van der Waals surface area contributed by atoms with E-state index in [2.05, 4.69) is 16.2 Å². The average Bonchev–Trinajstić information content (AvgIpc) is 2.55. The first kappa shape index (κ1) is 16.5. The Hall–Kier alpha value is -2.87. The Kier molecular flexibility index (Phi) is 6.13. The number of ether oxygens (including phenoxy) is 1. The number of terminal acetylenes is 1. The second-order valence-electron chi connectivity index (χ2n) is 4.86. The molecule has 2 aromatic rings. The van der Waals surface area contributed by atoms with Crippen molar-refractivity contribution in [3.05, 3.63) is 54.1 Å². The lowest BCUT2D eigenvalue weighted by molar-refractivity contribution is -0.116. The van der Waals surface area contributed by atoms with Gasteiger partial charge in [-0.25, -0.2) is 4.39 Å². The lowest BCUT2D eigenvalue weighted by atomic mass is 10.1. The predicted octanol–water partition coefficient (Wildman–Crippen LogP) is 3.19. The van der Waals surface area contributed by atoms with Gasteiger partial charge in [-0.05, 0) is 37.1 Å². The van der Waals surface area contributed by atoms with Gasteiger partial charge < -0.3 is 10.1 Å².